The molecule has 0 saturated heterocycles. The number of ether oxygens (including phenoxy) is 3. The van der Waals surface area contributed by atoms with Crippen molar-refractivity contribution in [3.05, 3.63) is 23.3 Å². The molecular weight excluding hydrogens is 314 g/mol. The summed E-state index contributed by atoms with van der Waals surface area (Å²) >= 11 is 0. The van der Waals surface area contributed by atoms with Crippen LogP contribution < -0.4 is 9.47 Å². The topological polar surface area (TPSA) is 85.3 Å². The molecule has 0 spiro atoms. The summed E-state index contributed by atoms with van der Waals surface area (Å²) in [6.07, 6.45) is -0.162. The molecule has 0 bridgehead atoms. The second-order valence-electron chi connectivity index (χ2n) is 6.57. The van der Waals surface area contributed by atoms with Gasteiger partial charge in [0.05, 0.1) is 14.2 Å². The van der Waals surface area contributed by atoms with Crippen LogP contribution >= 0.6 is 0 Å². The summed E-state index contributed by atoms with van der Waals surface area (Å²) in [6.45, 7) is 5.47. The van der Waals surface area contributed by atoms with Crippen LogP contribution in [0, 0.1) is 0 Å². The second kappa shape index (κ2) is 6.59. The molecule has 7 nitrogen and oxygen atoms in total. The molecule has 1 N–H and O–H groups in total. The van der Waals surface area contributed by atoms with Crippen molar-refractivity contribution in [3.63, 3.8) is 0 Å². The molecule has 132 valence electrons. The number of nitrogens with zero attached hydrogens (tertiary/aromatic N) is 1. The van der Waals surface area contributed by atoms with E-state index in [4.69, 9.17) is 14.2 Å². The van der Waals surface area contributed by atoms with Crippen LogP contribution in [0.25, 0.3) is 0 Å². The van der Waals surface area contributed by atoms with E-state index in [1.807, 2.05) is 0 Å². The van der Waals surface area contributed by atoms with Gasteiger partial charge in [-0.3, -0.25) is 4.90 Å². The van der Waals surface area contributed by atoms with E-state index in [1.165, 1.54) is 19.1 Å². The van der Waals surface area contributed by atoms with Gasteiger partial charge in [-0.25, -0.2) is 9.59 Å². The Morgan fingerprint density at radius 2 is 1.88 bits per heavy atom. The lowest BCUT2D eigenvalue weighted by Gasteiger charge is -2.36. The Morgan fingerprint density at radius 1 is 1.21 bits per heavy atom. The predicted octanol–water partition coefficient (Wildman–Crippen LogP) is 2.62. The Hall–Kier alpha value is -2.44. The van der Waals surface area contributed by atoms with Crippen LogP contribution in [0.4, 0.5) is 4.79 Å². The number of carbonyl (C=O) groups excluding carboxylic acids is 1. The van der Waals surface area contributed by atoms with Crippen LogP contribution in [0.3, 0.4) is 0 Å². The lowest BCUT2D eigenvalue weighted by molar-refractivity contribution is -0.143. The van der Waals surface area contributed by atoms with Crippen molar-refractivity contribution in [2.75, 3.05) is 20.8 Å². The van der Waals surface area contributed by atoms with Gasteiger partial charge in [0, 0.05) is 18.2 Å². The standard InChI is InChI=1S/C17H23NO6/c1-17(2,3)24-16(21)18-7-6-10-8-11(22-4)9-12(23-5)13(10)14(18)15(19)20/h8-9,14H,6-7H2,1-5H3,(H,19,20). The van der Waals surface area contributed by atoms with Gasteiger partial charge in [-0.1, -0.05) is 0 Å². The molecule has 7 heteroatoms. The number of benzene rings is 1. The number of hydrogen-bond acceptors (Lipinski definition) is 5. The first-order valence-corrected chi connectivity index (χ1v) is 7.65. The van der Waals surface area contributed by atoms with Gasteiger partial charge >= 0.3 is 12.1 Å². The molecule has 24 heavy (non-hydrogen) atoms. The van der Waals surface area contributed by atoms with Crippen LogP contribution in [0.5, 0.6) is 11.5 Å². The summed E-state index contributed by atoms with van der Waals surface area (Å²) in [5.74, 6) is -0.171. The molecule has 2 rings (SSSR count). The van der Waals surface area contributed by atoms with Gasteiger partial charge in [0.1, 0.15) is 17.1 Å². The molecule has 1 aliphatic rings. The molecule has 0 radical (unpaired) electrons. The number of fused-ring (bicyclic) bond motifs is 1. The van der Waals surface area contributed by atoms with E-state index in [0.29, 0.717) is 23.5 Å². The third-order valence-electron chi connectivity index (χ3n) is 3.73. The van der Waals surface area contributed by atoms with Gasteiger partial charge in [0.25, 0.3) is 0 Å². The van der Waals surface area contributed by atoms with Crippen LogP contribution in [0.15, 0.2) is 12.1 Å². The Kier molecular flexibility index (Phi) is 4.91. The maximum absolute atomic E-state index is 12.4. The molecule has 0 fully saturated rings. The average molecular weight is 337 g/mol. The third kappa shape index (κ3) is 3.55. The number of carboxylic acid groups (broad SMARTS) is 1. The number of rotatable bonds is 3. The zero-order valence-electron chi connectivity index (χ0n) is 14.6. The molecule has 0 aliphatic carbocycles. The van der Waals surface area contributed by atoms with E-state index >= 15 is 0 Å². The molecule has 0 saturated carbocycles. The molecule has 0 aromatic heterocycles. The monoisotopic (exact) mass is 337 g/mol. The SMILES string of the molecule is COc1cc2c(c(OC)c1)C(C(=O)O)N(C(=O)OC(C)(C)C)CC2. The highest BCUT2D eigenvalue weighted by molar-refractivity contribution is 5.84. The highest BCUT2D eigenvalue weighted by Crippen LogP contribution is 2.40. The minimum absolute atomic E-state index is 0.245. The fourth-order valence-electron chi connectivity index (χ4n) is 2.76. The molecule has 1 heterocycles. The van der Waals surface area contributed by atoms with Crippen molar-refractivity contribution >= 4 is 12.1 Å². The molecule has 1 aromatic rings. The average Bonchev–Trinajstić information content (AvgIpc) is 2.50. The number of carbonyl (C=O) groups is 2. The van der Waals surface area contributed by atoms with Crippen molar-refractivity contribution < 1.29 is 28.9 Å². The minimum Gasteiger partial charge on any atom is -0.497 e. The molecule has 1 amide bonds. The molecule has 1 atom stereocenters. The van der Waals surface area contributed by atoms with Crippen molar-refractivity contribution in [1.29, 1.82) is 0 Å². The summed E-state index contributed by atoms with van der Waals surface area (Å²) < 4.78 is 15.9. The Morgan fingerprint density at radius 3 is 2.38 bits per heavy atom. The van der Waals surface area contributed by atoms with Crippen LogP contribution in [-0.4, -0.2) is 48.4 Å². The number of amides is 1. The van der Waals surface area contributed by atoms with Crippen LogP contribution in [0.1, 0.15) is 37.9 Å². The van der Waals surface area contributed by atoms with Gasteiger partial charge < -0.3 is 19.3 Å². The van der Waals surface area contributed by atoms with Gasteiger partial charge in [0.15, 0.2) is 6.04 Å². The molecular formula is C17H23NO6. The fraction of sp³-hybridized carbons (Fsp3) is 0.529. The van der Waals surface area contributed by atoms with Crippen LogP contribution in [0.2, 0.25) is 0 Å². The number of carboxylic acids is 1. The van der Waals surface area contributed by atoms with E-state index in [9.17, 15) is 14.7 Å². The summed E-state index contributed by atoms with van der Waals surface area (Å²) in [4.78, 5) is 25.5. The largest absolute Gasteiger partial charge is 0.497 e. The Bertz CT molecular complexity index is 632. The molecule has 1 unspecified atom stereocenters. The maximum Gasteiger partial charge on any atom is 0.411 e. The Labute approximate surface area is 141 Å². The van der Waals surface area contributed by atoms with Gasteiger partial charge in [-0.15, -0.1) is 0 Å². The zero-order chi connectivity index (χ0) is 18.1. The summed E-state index contributed by atoms with van der Waals surface area (Å²) in [5, 5.41) is 9.71. The zero-order valence-corrected chi connectivity index (χ0v) is 14.6. The van der Waals surface area contributed by atoms with E-state index < -0.39 is 23.7 Å². The van der Waals surface area contributed by atoms with Gasteiger partial charge in [0.2, 0.25) is 0 Å². The third-order valence-corrected chi connectivity index (χ3v) is 3.73. The van der Waals surface area contributed by atoms with Crippen molar-refractivity contribution in [2.24, 2.45) is 0 Å². The summed E-state index contributed by atoms with van der Waals surface area (Å²) in [5.41, 5.74) is 0.547. The highest BCUT2D eigenvalue weighted by atomic mass is 16.6. The number of hydrogen-bond donors (Lipinski definition) is 1. The molecule has 1 aliphatic heterocycles. The van der Waals surface area contributed by atoms with Gasteiger partial charge in [-0.05, 0) is 38.8 Å². The molecule has 1 aromatic carbocycles. The van der Waals surface area contributed by atoms with Crippen molar-refractivity contribution in [1.82, 2.24) is 4.90 Å². The first-order valence-electron chi connectivity index (χ1n) is 7.65. The lowest BCUT2D eigenvalue weighted by Crippen LogP contribution is -2.46. The summed E-state index contributed by atoms with van der Waals surface area (Å²) in [7, 11) is 2.99. The normalized spacial score (nSPS) is 17.0. The van der Waals surface area contributed by atoms with E-state index in [2.05, 4.69) is 0 Å². The van der Waals surface area contributed by atoms with Crippen molar-refractivity contribution in [2.45, 2.75) is 38.8 Å². The quantitative estimate of drug-likeness (QED) is 0.912. The van der Waals surface area contributed by atoms with Gasteiger partial charge in [-0.2, -0.15) is 0 Å². The smallest absolute Gasteiger partial charge is 0.411 e. The summed E-state index contributed by atoms with van der Waals surface area (Å²) in [6, 6.07) is 2.23. The first kappa shape index (κ1) is 17.9. The lowest BCUT2D eigenvalue weighted by atomic mass is 9.91. The number of aliphatic carboxylic acids is 1. The number of methoxy groups -OCH3 is 2. The highest BCUT2D eigenvalue weighted by Gasteiger charge is 2.40. The van der Waals surface area contributed by atoms with E-state index in [1.54, 1.807) is 32.9 Å². The predicted molar refractivity (Wildman–Crippen MR) is 86.6 cm³/mol. The first-order chi connectivity index (χ1) is 11.2. The Balaban J connectivity index is 2.48. The van der Waals surface area contributed by atoms with Crippen LogP contribution in [-0.2, 0) is 16.0 Å². The van der Waals surface area contributed by atoms with E-state index in [-0.39, 0.29) is 6.54 Å². The van der Waals surface area contributed by atoms with Crippen molar-refractivity contribution in [3.8, 4) is 11.5 Å². The fourth-order valence-corrected chi connectivity index (χ4v) is 2.76. The maximum atomic E-state index is 12.4. The van der Waals surface area contributed by atoms with E-state index in [0.717, 1.165) is 5.56 Å². The second-order valence-corrected chi connectivity index (χ2v) is 6.57. The minimum atomic E-state index is -1.16.